The molecule has 2 heterocycles. The molecule has 3 aliphatic rings. The highest BCUT2D eigenvalue weighted by atomic mass is 32.3. The van der Waals surface area contributed by atoms with Crippen LogP contribution in [-0.2, 0) is 24.5 Å². The lowest BCUT2D eigenvalue weighted by Gasteiger charge is -2.43. The summed E-state index contributed by atoms with van der Waals surface area (Å²) in [5.74, 6) is -1.08. The number of fused-ring (bicyclic) bond motifs is 1. The first-order valence-electron chi connectivity index (χ1n) is 5.86. The quantitative estimate of drug-likeness (QED) is 0.571. The normalized spacial score (nSPS) is 37.1. The second-order valence-corrected chi connectivity index (χ2v) is 7.00. The third kappa shape index (κ3) is 1.84. The average molecular weight is 280 g/mol. The minimum Gasteiger partial charge on any atom is -0.465 e. The van der Waals surface area contributed by atoms with Crippen LogP contribution in [0.4, 0.5) is 3.89 Å². The summed E-state index contributed by atoms with van der Waals surface area (Å²) in [5, 5.41) is 0. The first-order chi connectivity index (χ1) is 8.06. The molecule has 0 amide bonds. The van der Waals surface area contributed by atoms with Gasteiger partial charge >= 0.3 is 16.2 Å². The molecule has 1 saturated carbocycles. The first-order valence-corrected chi connectivity index (χ1v) is 7.41. The van der Waals surface area contributed by atoms with Crippen LogP contribution >= 0.6 is 0 Å². The maximum Gasteiger partial charge on any atom is 0.315 e. The Bertz CT molecular complexity index is 476. The smallest absolute Gasteiger partial charge is 0.315 e. The summed E-state index contributed by atoms with van der Waals surface area (Å²) < 4.78 is 45.0. The van der Waals surface area contributed by atoms with Gasteiger partial charge < -0.3 is 9.47 Å². The third-order valence-corrected chi connectivity index (χ3v) is 4.84. The van der Waals surface area contributed by atoms with Gasteiger partial charge in [0.15, 0.2) is 0 Å². The molecular weight excluding hydrogens is 263 g/mol. The molecule has 0 atom stereocenters. The number of ether oxygens (including phenoxy) is 2. The number of carbonyl (C=O) groups is 1. The molecule has 3 fully saturated rings. The average Bonchev–Trinajstić information content (AvgIpc) is 2.42. The lowest BCUT2D eigenvalue weighted by molar-refractivity contribution is -0.163. The van der Waals surface area contributed by atoms with Gasteiger partial charge in [0, 0.05) is 0 Å². The second-order valence-electron chi connectivity index (χ2n) is 5.63. The lowest BCUT2D eigenvalue weighted by atomic mass is 9.57. The van der Waals surface area contributed by atoms with Crippen LogP contribution < -0.4 is 0 Å². The Kier molecular flexibility index (Phi) is 2.79. The van der Waals surface area contributed by atoms with Gasteiger partial charge in [-0.3, -0.25) is 4.79 Å². The molecule has 1 aliphatic carbocycles. The minimum atomic E-state index is -4.62. The van der Waals surface area contributed by atoms with Crippen molar-refractivity contribution in [3.63, 3.8) is 0 Å². The highest BCUT2D eigenvalue weighted by Gasteiger charge is 2.76. The summed E-state index contributed by atoms with van der Waals surface area (Å²) in [5.41, 5.74) is -2.73. The van der Waals surface area contributed by atoms with E-state index in [1.54, 1.807) is 20.8 Å². The van der Waals surface area contributed by atoms with E-state index in [2.05, 4.69) is 0 Å². The molecule has 2 bridgehead atoms. The van der Waals surface area contributed by atoms with Crippen LogP contribution in [-0.4, -0.2) is 37.9 Å². The Hall–Kier alpha value is -0.690. The summed E-state index contributed by atoms with van der Waals surface area (Å²) in [6.07, 6.45) is 0.407. The van der Waals surface area contributed by atoms with Gasteiger partial charge in [-0.15, -0.1) is 3.89 Å². The zero-order valence-electron chi connectivity index (χ0n) is 10.7. The lowest BCUT2D eigenvalue weighted by Crippen LogP contribution is -2.55. The number of rotatable bonds is 4. The molecule has 0 aromatic rings. The Morgan fingerprint density at radius 2 is 1.94 bits per heavy atom. The van der Waals surface area contributed by atoms with E-state index in [1.165, 1.54) is 0 Å². The fourth-order valence-corrected chi connectivity index (χ4v) is 4.18. The number of halogens is 1. The van der Waals surface area contributed by atoms with Gasteiger partial charge in [-0.25, -0.2) is 0 Å². The Balaban J connectivity index is 2.23. The fraction of sp³-hybridized carbons (Fsp3) is 0.909. The highest BCUT2D eigenvalue weighted by molar-refractivity contribution is 7.86. The number of carbonyl (C=O) groups excluding carboxylic acids is 1. The SMILES string of the molecule is CCOC(=O)C12CC(CS(=O)(=O)F)(C1)OC2(C)C. The van der Waals surface area contributed by atoms with Gasteiger partial charge in [0.05, 0.1) is 17.8 Å². The zero-order valence-corrected chi connectivity index (χ0v) is 11.5. The molecule has 18 heavy (non-hydrogen) atoms. The molecule has 0 radical (unpaired) electrons. The van der Waals surface area contributed by atoms with Crippen molar-refractivity contribution < 1.29 is 26.6 Å². The van der Waals surface area contributed by atoms with Crippen LogP contribution in [0.15, 0.2) is 0 Å². The summed E-state index contributed by atoms with van der Waals surface area (Å²) in [7, 11) is -4.62. The molecule has 104 valence electrons. The van der Waals surface area contributed by atoms with Gasteiger partial charge in [0.1, 0.15) is 11.2 Å². The van der Waals surface area contributed by atoms with Crippen molar-refractivity contribution in [2.75, 3.05) is 12.4 Å². The summed E-state index contributed by atoms with van der Waals surface area (Å²) >= 11 is 0. The Morgan fingerprint density at radius 3 is 2.39 bits per heavy atom. The summed E-state index contributed by atoms with van der Waals surface area (Å²) in [6.45, 7) is 5.38. The Labute approximate surface area is 106 Å². The van der Waals surface area contributed by atoms with E-state index in [0.29, 0.717) is 0 Å². The third-order valence-electron chi connectivity index (χ3n) is 3.97. The second kappa shape index (κ2) is 3.66. The predicted octanol–water partition coefficient (Wildman–Crippen LogP) is 1.18. The van der Waals surface area contributed by atoms with Crippen LogP contribution in [0.2, 0.25) is 0 Å². The van der Waals surface area contributed by atoms with Crippen molar-refractivity contribution in [2.45, 2.75) is 44.8 Å². The van der Waals surface area contributed by atoms with Gasteiger partial charge in [0.2, 0.25) is 0 Å². The Morgan fingerprint density at radius 1 is 1.39 bits per heavy atom. The maximum atomic E-state index is 12.8. The molecule has 7 heteroatoms. The van der Waals surface area contributed by atoms with E-state index in [0.717, 1.165) is 0 Å². The fourth-order valence-electron chi connectivity index (χ4n) is 3.29. The maximum absolute atomic E-state index is 12.8. The molecule has 3 rings (SSSR count). The van der Waals surface area contributed by atoms with Crippen molar-refractivity contribution in [3.05, 3.63) is 0 Å². The van der Waals surface area contributed by atoms with Crippen LogP contribution in [0.5, 0.6) is 0 Å². The van der Waals surface area contributed by atoms with E-state index in [9.17, 15) is 17.1 Å². The van der Waals surface area contributed by atoms with Crippen LogP contribution in [0.3, 0.4) is 0 Å². The van der Waals surface area contributed by atoms with E-state index in [1.807, 2.05) is 0 Å². The van der Waals surface area contributed by atoms with Crippen LogP contribution in [0.25, 0.3) is 0 Å². The van der Waals surface area contributed by atoms with E-state index < -0.39 is 32.6 Å². The predicted molar refractivity (Wildman–Crippen MR) is 61.1 cm³/mol. The van der Waals surface area contributed by atoms with Crippen molar-refractivity contribution in [1.82, 2.24) is 0 Å². The number of hydrogen-bond donors (Lipinski definition) is 0. The molecule has 0 unspecified atom stereocenters. The monoisotopic (exact) mass is 280 g/mol. The topological polar surface area (TPSA) is 69.7 Å². The van der Waals surface area contributed by atoms with Gasteiger partial charge in [0.25, 0.3) is 0 Å². The molecule has 0 N–H and O–H groups in total. The summed E-state index contributed by atoms with van der Waals surface area (Å²) in [6, 6.07) is 0. The molecule has 0 aromatic heterocycles. The van der Waals surface area contributed by atoms with Crippen molar-refractivity contribution in [3.8, 4) is 0 Å². The first kappa shape index (κ1) is 13.7. The van der Waals surface area contributed by atoms with E-state index in [4.69, 9.17) is 9.47 Å². The van der Waals surface area contributed by atoms with Crippen LogP contribution in [0.1, 0.15) is 33.6 Å². The minimum absolute atomic E-state index is 0.203. The molecule has 0 aromatic carbocycles. The van der Waals surface area contributed by atoms with Gasteiger partial charge in [-0.2, -0.15) is 8.42 Å². The molecule has 2 aliphatic heterocycles. The number of esters is 1. The molecule has 5 nitrogen and oxygen atoms in total. The molecule has 2 saturated heterocycles. The standard InChI is InChI=1S/C11H17FO5S/c1-4-16-8(13)11-5-10(6-11,7-18(12,14)15)17-9(11,2)3/h4-7H2,1-3H3. The summed E-state index contributed by atoms with van der Waals surface area (Å²) in [4.78, 5) is 12.0. The largest absolute Gasteiger partial charge is 0.465 e. The van der Waals surface area contributed by atoms with Crippen molar-refractivity contribution in [2.24, 2.45) is 5.41 Å². The highest BCUT2D eigenvalue weighted by Crippen LogP contribution is 2.67. The van der Waals surface area contributed by atoms with Crippen molar-refractivity contribution in [1.29, 1.82) is 0 Å². The molecular formula is C11H17FO5S. The van der Waals surface area contributed by atoms with Gasteiger partial charge in [-0.05, 0) is 33.6 Å². The van der Waals surface area contributed by atoms with Crippen LogP contribution in [0, 0.1) is 5.41 Å². The molecule has 0 spiro atoms. The number of hydrogen-bond acceptors (Lipinski definition) is 5. The van der Waals surface area contributed by atoms with E-state index in [-0.39, 0.29) is 25.4 Å². The van der Waals surface area contributed by atoms with E-state index >= 15 is 0 Å². The van der Waals surface area contributed by atoms with Crippen molar-refractivity contribution >= 4 is 16.2 Å². The zero-order chi connectivity index (χ0) is 13.8. The van der Waals surface area contributed by atoms with Gasteiger partial charge in [-0.1, -0.05) is 0 Å².